The Kier molecular flexibility index (Phi) is 4.59. The number of nitrogens with zero attached hydrogens (tertiary/aromatic N) is 6. The number of allylic oxidation sites excluding steroid dienone is 2. The van der Waals surface area contributed by atoms with Crippen molar-refractivity contribution in [1.82, 2.24) is 29.9 Å². The molecule has 0 saturated carbocycles. The zero-order valence-electron chi connectivity index (χ0n) is 18.3. The van der Waals surface area contributed by atoms with Crippen LogP contribution in [0.1, 0.15) is 23.2 Å². The topological polar surface area (TPSA) is 156 Å². The van der Waals surface area contributed by atoms with Gasteiger partial charge in [-0.15, -0.1) is 0 Å². The highest BCUT2D eigenvalue weighted by atomic mass is 16.4. The Labute approximate surface area is 201 Å². The third-order valence-corrected chi connectivity index (χ3v) is 5.19. The van der Waals surface area contributed by atoms with E-state index in [-0.39, 0.29) is 0 Å². The molecular formula is C24H14N6O6. The molecule has 12 heteroatoms. The van der Waals surface area contributed by atoms with E-state index in [0.717, 1.165) is 0 Å². The van der Waals surface area contributed by atoms with Crippen LogP contribution in [0, 0.1) is 0 Å². The fraction of sp³-hybridized carbons (Fsp3) is 0.0833. The van der Waals surface area contributed by atoms with E-state index < -0.39 is 0 Å². The third kappa shape index (κ3) is 3.76. The van der Waals surface area contributed by atoms with Gasteiger partial charge in [-0.2, -0.15) is 0 Å². The van der Waals surface area contributed by atoms with E-state index in [1.54, 1.807) is 12.2 Å². The summed E-state index contributed by atoms with van der Waals surface area (Å²) in [6.45, 7) is 0. The molecule has 1 aliphatic rings. The van der Waals surface area contributed by atoms with Crippen molar-refractivity contribution >= 4 is 12.2 Å². The van der Waals surface area contributed by atoms with Crippen molar-refractivity contribution in [1.29, 1.82) is 0 Å². The molecule has 7 rings (SSSR count). The Morgan fingerprint density at radius 2 is 0.806 bits per heavy atom. The highest BCUT2D eigenvalue weighted by Crippen LogP contribution is 2.26. The van der Waals surface area contributed by atoms with Crippen molar-refractivity contribution in [2.45, 2.75) is 12.8 Å². The molecule has 0 radical (unpaired) electrons. The molecule has 0 unspecified atom stereocenters. The Hall–Kier alpha value is -5.26. The highest BCUT2D eigenvalue weighted by molar-refractivity contribution is 5.57. The van der Waals surface area contributed by atoms with Crippen molar-refractivity contribution in [3.05, 3.63) is 72.9 Å². The van der Waals surface area contributed by atoms with Gasteiger partial charge in [-0.05, 0) is 12.2 Å². The maximum atomic E-state index is 5.55. The SMILES string of the molecule is C1=Cc2coc(n2)-c2coc(n2)-c2coc(n2)C/C=C/c2coc(n2)-c2coc(n2)-c2coc(n2)C1. The van der Waals surface area contributed by atoms with Crippen LogP contribution in [0.4, 0.5) is 0 Å². The van der Waals surface area contributed by atoms with Crippen LogP contribution in [0.15, 0.2) is 76.2 Å². The lowest BCUT2D eigenvalue weighted by Crippen LogP contribution is -1.84. The Balaban J connectivity index is 1.24. The van der Waals surface area contributed by atoms with Crippen LogP contribution >= 0.6 is 0 Å². The fourth-order valence-corrected chi connectivity index (χ4v) is 3.51. The summed E-state index contributed by atoms with van der Waals surface area (Å²) in [6.07, 6.45) is 17.0. The predicted molar refractivity (Wildman–Crippen MR) is 120 cm³/mol. The van der Waals surface area contributed by atoms with Crippen molar-refractivity contribution < 1.29 is 26.5 Å². The van der Waals surface area contributed by atoms with Crippen LogP contribution in [-0.4, -0.2) is 29.9 Å². The van der Waals surface area contributed by atoms with Gasteiger partial charge >= 0.3 is 0 Å². The Bertz CT molecular complexity index is 1600. The second-order valence-electron chi connectivity index (χ2n) is 7.70. The summed E-state index contributed by atoms with van der Waals surface area (Å²) in [5.74, 6) is 2.18. The largest absolute Gasteiger partial charge is 0.448 e. The highest BCUT2D eigenvalue weighted by Gasteiger charge is 2.17. The molecule has 36 heavy (non-hydrogen) atoms. The van der Waals surface area contributed by atoms with Crippen LogP contribution in [0.2, 0.25) is 0 Å². The van der Waals surface area contributed by atoms with Gasteiger partial charge in [-0.25, -0.2) is 29.9 Å². The predicted octanol–water partition coefficient (Wildman–Crippen LogP) is 5.11. The summed E-state index contributed by atoms with van der Waals surface area (Å²) in [7, 11) is 0. The number of fused-ring (bicyclic) bond motifs is 16. The Morgan fingerprint density at radius 3 is 1.31 bits per heavy atom. The number of hydrogen-bond acceptors (Lipinski definition) is 12. The first kappa shape index (κ1) is 20.1. The molecule has 0 saturated heterocycles. The van der Waals surface area contributed by atoms with Crippen LogP contribution in [0.3, 0.4) is 0 Å². The van der Waals surface area contributed by atoms with E-state index in [1.807, 2.05) is 12.2 Å². The van der Waals surface area contributed by atoms with Gasteiger partial charge in [-0.1, -0.05) is 12.2 Å². The summed E-state index contributed by atoms with van der Waals surface area (Å²) in [4.78, 5) is 26.5. The molecule has 0 N–H and O–H groups in total. The maximum absolute atomic E-state index is 5.55. The van der Waals surface area contributed by atoms with Crippen molar-refractivity contribution in [2.75, 3.05) is 0 Å². The average Bonchev–Trinajstić information content (AvgIpc) is 3.69. The van der Waals surface area contributed by atoms with Crippen LogP contribution in [0.25, 0.3) is 58.5 Å². The lowest BCUT2D eigenvalue weighted by atomic mass is 10.3. The van der Waals surface area contributed by atoms with Gasteiger partial charge in [0.1, 0.15) is 49.0 Å². The van der Waals surface area contributed by atoms with Crippen molar-refractivity contribution in [2.24, 2.45) is 0 Å². The van der Waals surface area contributed by atoms with Crippen LogP contribution in [0.5, 0.6) is 0 Å². The zero-order chi connectivity index (χ0) is 23.9. The zero-order valence-corrected chi connectivity index (χ0v) is 18.3. The van der Waals surface area contributed by atoms with Gasteiger partial charge in [0, 0.05) is 12.8 Å². The molecule has 176 valence electrons. The molecule has 12 nitrogen and oxygen atoms in total. The number of rotatable bonds is 0. The number of oxazole rings is 6. The molecule has 0 atom stereocenters. The maximum Gasteiger partial charge on any atom is 0.249 e. The van der Waals surface area contributed by atoms with Crippen LogP contribution in [-0.2, 0) is 12.8 Å². The molecule has 7 heterocycles. The normalized spacial score (nSPS) is 14.0. The van der Waals surface area contributed by atoms with Gasteiger partial charge < -0.3 is 26.5 Å². The molecule has 0 spiro atoms. The molecule has 0 amide bonds. The fourth-order valence-electron chi connectivity index (χ4n) is 3.51. The monoisotopic (exact) mass is 482 g/mol. The molecule has 1 aliphatic heterocycles. The van der Waals surface area contributed by atoms with E-state index >= 15 is 0 Å². The first-order valence-corrected chi connectivity index (χ1v) is 10.8. The standard InChI is InChI=1S/C24H14N6O6/c1-3-13-7-33-21(25-13)17-11-36-24(29-17)16-10-32-20(28-16)6-2-4-14-8-34-22(26-14)18-12-35-23(30-18)15-9-31-19(5-1)27-15/h1-4,7-12H,5-6H2/b3-1+,4-2?. The Morgan fingerprint density at radius 1 is 0.417 bits per heavy atom. The van der Waals surface area contributed by atoms with Gasteiger partial charge in [-0.3, -0.25) is 0 Å². The summed E-state index contributed by atoms with van der Waals surface area (Å²) >= 11 is 0. The minimum atomic E-state index is 0.293. The third-order valence-electron chi connectivity index (χ3n) is 5.19. The number of aromatic nitrogens is 6. The number of hydrogen-bond donors (Lipinski definition) is 0. The molecule has 12 bridgehead atoms. The summed E-state index contributed by atoms with van der Waals surface area (Å²) in [6, 6.07) is 0. The minimum Gasteiger partial charge on any atom is -0.448 e. The van der Waals surface area contributed by atoms with E-state index in [0.29, 0.717) is 82.3 Å². The van der Waals surface area contributed by atoms with Crippen molar-refractivity contribution in [3.8, 4) is 46.3 Å². The van der Waals surface area contributed by atoms with Gasteiger partial charge in [0.15, 0.2) is 34.6 Å². The summed E-state index contributed by atoms with van der Waals surface area (Å²) < 4.78 is 33.3. The first-order valence-electron chi connectivity index (χ1n) is 10.8. The summed E-state index contributed by atoms with van der Waals surface area (Å²) in [5.41, 5.74) is 3.01. The van der Waals surface area contributed by atoms with E-state index in [9.17, 15) is 0 Å². The molecule has 0 aliphatic carbocycles. The molecular weight excluding hydrogens is 468 g/mol. The lowest BCUT2D eigenvalue weighted by molar-refractivity contribution is 0.508. The second kappa shape index (κ2) is 8.20. The summed E-state index contributed by atoms with van der Waals surface area (Å²) in [5, 5.41) is 0. The molecule has 6 aromatic heterocycles. The van der Waals surface area contributed by atoms with Gasteiger partial charge in [0.25, 0.3) is 0 Å². The quantitative estimate of drug-likeness (QED) is 0.282. The average molecular weight is 482 g/mol. The van der Waals surface area contributed by atoms with E-state index in [2.05, 4.69) is 29.9 Å². The first-order chi connectivity index (χ1) is 17.8. The van der Waals surface area contributed by atoms with Gasteiger partial charge in [0.2, 0.25) is 23.6 Å². The molecule has 0 aromatic carbocycles. The van der Waals surface area contributed by atoms with Gasteiger partial charge in [0.05, 0.1) is 0 Å². The molecule has 0 fully saturated rings. The van der Waals surface area contributed by atoms with E-state index in [1.165, 1.54) is 37.6 Å². The van der Waals surface area contributed by atoms with E-state index in [4.69, 9.17) is 26.5 Å². The van der Waals surface area contributed by atoms with Crippen molar-refractivity contribution in [3.63, 3.8) is 0 Å². The minimum absolute atomic E-state index is 0.293. The second-order valence-corrected chi connectivity index (χ2v) is 7.70. The lowest BCUT2D eigenvalue weighted by Gasteiger charge is -1.87. The smallest absolute Gasteiger partial charge is 0.249 e. The van der Waals surface area contributed by atoms with Crippen LogP contribution < -0.4 is 0 Å². The molecule has 6 aromatic rings.